The van der Waals surface area contributed by atoms with E-state index < -0.39 is 31.8 Å². The van der Waals surface area contributed by atoms with E-state index in [2.05, 4.69) is 0 Å². The van der Waals surface area contributed by atoms with Gasteiger partial charge in [0, 0.05) is 20.8 Å². The lowest BCUT2D eigenvalue weighted by Gasteiger charge is -2.40. The molecule has 0 atom stereocenters. The van der Waals surface area contributed by atoms with Gasteiger partial charge in [0.05, 0.1) is 5.04 Å². The van der Waals surface area contributed by atoms with Crippen molar-refractivity contribution in [2.75, 3.05) is 0 Å². The molecule has 0 aromatic rings. The summed E-state index contributed by atoms with van der Waals surface area (Å²) in [5.74, 6) is -1.98. The zero-order valence-corrected chi connectivity index (χ0v) is 13.5. The van der Waals surface area contributed by atoms with E-state index in [1.54, 1.807) is 13.8 Å². The van der Waals surface area contributed by atoms with Crippen LogP contribution in [0.1, 0.15) is 48.5 Å². The van der Waals surface area contributed by atoms with Crippen LogP contribution in [0, 0.1) is 5.92 Å². The van der Waals surface area contributed by atoms with Gasteiger partial charge in [0.2, 0.25) is 0 Å². The van der Waals surface area contributed by atoms with Gasteiger partial charge >= 0.3 is 8.80 Å². The van der Waals surface area contributed by atoms with Gasteiger partial charge in [-0.15, -0.1) is 0 Å². The van der Waals surface area contributed by atoms with Crippen molar-refractivity contribution in [2.45, 2.75) is 53.5 Å². The molecule has 6 nitrogen and oxygen atoms in total. The number of carbonyl (C=O) groups is 3. The number of rotatable bonds is 5. The lowest BCUT2D eigenvalue weighted by Crippen LogP contribution is -2.58. The molecule has 0 aromatic carbocycles. The molecule has 0 spiro atoms. The zero-order valence-electron chi connectivity index (χ0n) is 12.5. The molecule has 0 bridgehead atoms. The molecule has 0 aliphatic carbocycles. The molecule has 0 aliphatic heterocycles. The van der Waals surface area contributed by atoms with Gasteiger partial charge in [-0.2, -0.15) is 0 Å². The topological polar surface area (TPSA) is 78.9 Å². The molecule has 0 amide bonds. The van der Waals surface area contributed by atoms with Crippen LogP contribution >= 0.6 is 0 Å². The average molecular weight is 290 g/mol. The Morgan fingerprint density at radius 1 is 0.842 bits per heavy atom. The van der Waals surface area contributed by atoms with Gasteiger partial charge in [0.25, 0.3) is 17.9 Å². The van der Waals surface area contributed by atoms with Crippen molar-refractivity contribution >= 4 is 26.7 Å². The summed E-state index contributed by atoms with van der Waals surface area (Å²) in [7, 11) is -3.82. The molecule has 0 radical (unpaired) electrons. The fraction of sp³-hybridized carbons (Fsp3) is 0.750. The minimum atomic E-state index is -3.82. The molecular formula is C12H22O6Si. The van der Waals surface area contributed by atoms with Crippen molar-refractivity contribution in [1.82, 2.24) is 0 Å². The van der Waals surface area contributed by atoms with Crippen LogP contribution in [-0.2, 0) is 27.7 Å². The summed E-state index contributed by atoms with van der Waals surface area (Å²) >= 11 is 0. The van der Waals surface area contributed by atoms with Crippen LogP contribution in [0.4, 0.5) is 0 Å². The summed E-state index contributed by atoms with van der Waals surface area (Å²) < 4.78 is 15.6. The standard InChI is InChI=1S/C12H22O6Si/c1-8(2)12(6,7)19(16-9(3)13,17-10(4)14)18-11(5)15/h8H,1-7H3. The zero-order chi connectivity index (χ0) is 15.4. The molecule has 7 heteroatoms. The Balaban J connectivity index is 5.78. The van der Waals surface area contributed by atoms with Gasteiger partial charge in [-0.3, -0.25) is 14.4 Å². The molecule has 110 valence electrons. The van der Waals surface area contributed by atoms with Gasteiger partial charge in [-0.25, -0.2) is 0 Å². The van der Waals surface area contributed by atoms with Crippen LogP contribution in [0.5, 0.6) is 0 Å². The van der Waals surface area contributed by atoms with Crippen molar-refractivity contribution in [3.05, 3.63) is 0 Å². The van der Waals surface area contributed by atoms with Crippen molar-refractivity contribution in [1.29, 1.82) is 0 Å². The quantitative estimate of drug-likeness (QED) is 0.721. The normalized spacial score (nSPS) is 12.0. The Bertz CT molecular complexity index is 334. The van der Waals surface area contributed by atoms with E-state index >= 15 is 0 Å². The van der Waals surface area contributed by atoms with E-state index in [-0.39, 0.29) is 5.92 Å². The highest BCUT2D eigenvalue weighted by atomic mass is 28.4. The first-order chi connectivity index (χ1) is 8.44. The van der Waals surface area contributed by atoms with E-state index in [1.165, 1.54) is 20.8 Å². The second-order valence-corrected chi connectivity index (χ2v) is 8.23. The Hall–Kier alpha value is -1.37. The molecule has 0 saturated carbocycles. The first kappa shape index (κ1) is 17.6. The Morgan fingerprint density at radius 3 is 1.26 bits per heavy atom. The van der Waals surface area contributed by atoms with E-state index in [4.69, 9.17) is 13.3 Å². The molecular weight excluding hydrogens is 268 g/mol. The molecule has 0 rings (SSSR count). The third-order valence-electron chi connectivity index (χ3n) is 3.07. The van der Waals surface area contributed by atoms with Gasteiger partial charge in [0.15, 0.2) is 0 Å². The van der Waals surface area contributed by atoms with Gasteiger partial charge in [-0.1, -0.05) is 27.7 Å². The summed E-state index contributed by atoms with van der Waals surface area (Å²) in [6.45, 7) is 10.8. The molecule has 0 aliphatic rings. The minimum Gasteiger partial charge on any atom is -0.455 e. The fourth-order valence-corrected chi connectivity index (χ4v) is 4.13. The SMILES string of the molecule is CC(=O)O[Si](OC(C)=O)(OC(C)=O)C(C)(C)C(C)C. The number of hydrogen-bond donors (Lipinski definition) is 0. The molecule has 0 unspecified atom stereocenters. The Labute approximate surface area is 114 Å². The van der Waals surface area contributed by atoms with E-state index in [0.29, 0.717) is 0 Å². The van der Waals surface area contributed by atoms with Crippen LogP contribution in [0.3, 0.4) is 0 Å². The van der Waals surface area contributed by atoms with Crippen molar-refractivity contribution < 1.29 is 27.7 Å². The van der Waals surface area contributed by atoms with Crippen LogP contribution in [0.15, 0.2) is 0 Å². The van der Waals surface area contributed by atoms with Crippen LogP contribution in [-0.4, -0.2) is 26.7 Å². The van der Waals surface area contributed by atoms with E-state index in [9.17, 15) is 14.4 Å². The predicted molar refractivity (Wildman–Crippen MR) is 69.9 cm³/mol. The van der Waals surface area contributed by atoms with Crippen molar-refractivity contribution in [3.63, 3.8) is 0 Å². The first-order valence-corrected chi connectivity index (χ1v) is 7.76. The van der Waals surface area contributed by atoms with Gasteiger partial charge in [0.1, 0.15) is 0 Å². The minimum absolute atomic E-state index is 0.0304. The summed E-state index contributed by atoms with van der Waals surface area (Å²) in [6, 6.07) is 0. The highest BCUT2D eigenvalue weighted by molar-refractivity contribution is 6.68. The Morgan fingerprint density at radius 2 is 1.11 bits per heavy atom. The largest absolute Gasteiger partial charge is 0.711 e. The molecule has 19 heavy (non-hydrogen) atoms. The van der Waals surface area contributed by atoms with Crippen LogP contribution < -0.4 is 0 Å². The third-order valence-corrected chi connectivity index (χ3v) is 6.89. The monoisotopic (exact) mass is 290 g/mol. The summed E-state index contributed by atoms with van der Waals surface area (Å²) in [5.41, 5.74) is 0. The van der Waals surface area contributed by atoms with E-state index in [0.717, 1.165) is 0 Å². The average Bonchev–Trinajstić information content (AvgIpc) is 2.12. The molecule has 0 fully saturated rings. The van der Waals surface area contributed by atoms with Gasteiger partial charge in [-0.05, 0) is 5.92 Å². The number of carbonyl (C=O) groups excluding carboxylic acids is 3. The third kappa shape index (κ3) is 4.34. The second kappa shape index (κ2) is 6.18. The van der Waals surface area contributed by atoms with Crippen molar-refractivity contribution in [3.8, 4) is 0 Å². The fourth-order valence-electron chi connectivity index (χ4n) is 1.38. The summed E-state index contributed by atoms with van der Waals surface area (Å²) in [4.78, 5) is 34.0. The van der Waals surface area contributed by atoms with Crippen LogP contribution in [0.2, 0.25) is 5.04 Å². The number of hydrogen-bond acceptors (Lipinski definition) is 6. The summed E-state index contributed by atoms with van der Waals surface area (Å²) in [6.07, 6.45) is 0. The first-order valence-electron chi connectivity index (χ1n) is 6.03. The molecule has 0 N–H and O–H groups in total. The molecule has 0 saturated heterocycles. The molecule has 0 aromatic heterocycles. The van der Waals surface area contributed by atoms with Crippen molar-refractivity contribution in [2.24, 2.45) is 5.92 Å². The molecule has 0 heterocycles. The van der Waals surface area contributed by atoms with Crippen LogP contribution in [0.25, 0.3) is 0 Å². The van der Waals surface area contributed by atoms with E-state index in [1.807, 2.05) is 13.8 Å². The summed E-state index contributed by atoms with van der Waals surface area (Å²) in [5, 5.41) is -0.782. The van der Waals surface area contributed by atoms with Gasteiger partial charge < -0.3 is 13.3 Å². The second-order valence-electron chi connectivity index (χ2n) is 5.21. The predicted octanol–water partition coefficient (Wildman–Crippen LogP) is 2.05. The lowest BCUT2D eigenvalue weighted by molar-refractivity contribution is -0.149. The smallest absolute Gasteiger partial charge is 0.455 e. The highest BCUT2D eigenvalue weighted by Gasteiger charge is 2.65. The highest BCUT2D eigenvalue weighted by Crippen LogP contribution is 2.46. The Kier molecular flexibility index (Phi) is 5.74. The maximum atomic E-state index is 11.3. The maximum Gasteiger partial charge on any atom is 0.711 e. The lowest BCUT2D eigenvalue weighted by atomic mass is 9.99. The maximum absolute atomic E-state index is 11.3.